The highest BCUT2D eigenvalue weighted by molar-refractivity contribution is 6.31. The average molecular weight is 363 g/mol. The van der Waals surface area contributed by atoms with Crippen LogP contribution in [-0.4, -0.2) is 18.0 Å². The third kappa shape index (κ3) is 4.82. The quantitative estimate of drug-likeness (QED) is 0.806. The van der Waals surface area contributed by atoms with E-state index in [1.807, 2.05) is 6.92 Å². The molecular weight excluding hydrogens is 338 g/mol. The van der Waals surface area contributed by atoms with Crippen LogP contribution in [0.25, 0.3) is 0 Å². The van der Waals surface area contributed by atoms with Crippen molar-refractivity contribution < 1.29 is 9.18 Å². The Bertz CT molecular complexity index is 547. The molecule has 1 fully saturated rings. The minimum atomic E-state index is -0.419. The lowest BCUT2D eigenvalue weighted by Gasteiger charge is -2.31. The summed E-state index contributed by atoms with van der Waals surface area (Å²) in [4.78, 5) is 12.4. The van der Waals surface area contributed by atoms with E-state index in [4.69, 9.17) is 17.3 Å². The Labute approximate surface area is 148 Å². The summed E-state index contributed by atoms with van der Waals surface area (Å²) in [5.74, 6) is -0.304. The number of amides is 1. The Morgan fingerprint density at radius 2 is 2.17 bits per heavy atom. The Balaban J connectivity index is 0.00000264. The van der Waals surface area contributed by atoms with Crippen LogP contribution in [0.4, 0.5) is 4.39 Å². The number of benzene rings is 1. The van der Waals surface area contributed by atoms with E-state index in [2.05, 4.69) is 19.2 Å². The number of rotatable bonds is 6. The Morgan fingerprint density at radius 1 is 1.52 bits per heavy atom. The predicted molar refractivity (Wildman–Crippen MR) is 94.6 cm³/mol. The van der Waals surface area contributed by atoms with Gasteiger partial charge in [-0.25, -0.2) is 4.39 Å². The van der Waals surface area contributed by atoms with Gasteiger partial charge in [-0.05, 0) is 37.8 Å². The van der Waals surface area contributed by atoms with Gasteiger partial charge in [0.25, 0.3) is 0 Å². The van der Waals surface area contributed by atoms with Gasteiger partial charge in [-0.3, -0.25) is 4.79 Å². The molecule has 3 N–H and O–H groups in total. The normalized spacial score (nSPS) is 22.2. The van der Waals surface area contributed by atoms with E-state index in [1.165, 1.54) is 6.07 Å². The molecule has 1 aromatic carbocycles. The molecule has 0 radical (unpaired) electrons. The van der Waals surface area contributed by atoms with Gasteiger partial charge in [0.2, 0.25) is 5.91 Å². The first-order valence-electron chi connectivity index (χ1n) is 7.73. The number of hydrogen-bond donors (Lipinski definition) is 2. The highest BCUT2D eigenvalue weighted by Gasteiger charge is 2.47. The summed E-state index contributed by atoms with van der Waals surface area (Å²) in [6.07, 6.45) is 1.45. The maximum atomic E-state index is 13.9. The summed E-state index contributed by atoms with van der Waals surface area (Å²) in [5.41, 5.74) is 5.86. The summed E-state index contributed by atoms with van der Waals surface area (Å²) >= 11 is 6.07. The molecule has 6 heteroatoms. The molecule has 3 unspecified atom stereocenters. The molecule has 0 saturated heterocycles. The van der Waals surface area contributed by atoms with Crippen molar-refractivity contribution in [2.45, 2.75) is 45.1 Å². The highest BCUT2D eigenvalue weighted by Crippen LogP contribution is 2.50. The van der Waals surface area contributed by atoms with Crippen LogP contribution in [-0.2, 0) is 4.79 Å². The van der Waals surface area contributed by atoms with Crippen LogP contribution in [0.1, 0.15) is 45.1 Å². The lowest BCUT2D eigenvalue weighted by atomic mass is 9.90. The van der Waals surface area contributed by atoms with Gasteiger partial charge in [-0.2, -0.15) is 0 Å². The molecule has 1 amide bonds. The minimum absolute atomic E-state index is 0. The minimum Gasteiger partial charge on any atom is -0.349 e. The van der Waals surface area contributed by atoms with Gasteiger partial charge in [0.05, 0.1) is 0 Å². The van der Waals surface area contributed by atoms with Crippen LogP contribution < -0.4 is 11.1 Å². The molecule has 0 heterocycles. The summed E-state index contributed by atoms with van der Waals surface area (Å²) in [6, 6.07) is 4.63. The number of halogens is 3. The summed E-state index contributed by atoms with van der Waals surface area (Å²) in [5, 5.41) is 3.44. The zero-order valence-electron chi connectivity index (χ0n) is 13.7. The average Bonchev–Trinajstić information content (AvgIpc) is 3.18. The lowest BCUT2D eigenvalue weighted by molar-refractivity contribution is -0.124. The Hall–Kier alpha value is -0.840. The zero-order valence-corrected chi connectivity index (χ0v) is 15.3. The summed E-state index contributed by atoms with van der Waals surface area (Å²) < 4.78 is 13.9. The van der Waals surface area contributed by atoms with E-state index in [9.17, 15) is 9.18 Å². The molecule has 1 aliphatic carbocycles. The van der Waals surface area contributed by atoms with Crippen molar-refractivity contribution in [2.24, 2.45) is 17.6 Å². The maximum absolute atomic E-state index is 13.9. The fraction of sp³-hybridized carbons (Fsp3) is 0.588. The van der Waals surface area contributed by atoms with E-state index >= 15 is 0 Å². The molecule has 0 aliphatic heterocycles. The third-order valence-corrected chi connectivity index (χ3v) is 4.56. The van der Waals surface area contributed by atoms with Crippen molar-refractivity contribution in [1.29, 1.82) is 0 Å². The second-order valence-corrected chi connectivity index (χ2v) is 7.34. The lowest BCUT2D eigenvalue weighted by Crippen LogP contribution is -2.52. The molecule has 0 aromatic heterocycles. The van der Waals surface area contributed by atoms with Gasteiger partial charge >= 0.3 is 0 Å². The first-order chi connectivity index (χ1) is 10.3. The van der Waals surface area contributed by atoms with Gasteiger partial charge in [0.15, 0.2) is 0 Å². The van der Waals surface area contributed by atoms with Crippen LogP contribution in [0.3, 0.4) is 0 Å². The van der Waals surface area contributed by atoms with Crippen LogP contribution in [0.5, 0.6) is 0 Å². The molecule has 23 heavy (non-hydrogen) atoms. The second-order valence-electron chi connectivity index (χ2n) is 6.94. The number of hydrogen-bond acceptors (Lipinski definition) is 2. The van der Waals surface area contributed by atoms with Crippen LogP contribution in [0.15, 0.2) is 18.2 Å². The predicted octanol–water partition coefficient (Wildman–Crippen LogP) is 3.88. The smallest absolute Gasteiger partial charge is 0.224 e. The standard InChI is InChI=1S/C17H24ClFN2O.ClH/c1-10(2)8-17(3,9-20)21-16(22)12-7-11(12)15-13(18)5-4-6-14(15)19;/h4-6,10-12H,7-9,20H2,1-3H3,(H,21,22);1H. The molecule has 1 aliphatic rings. The zero-order chi connectivity index (χ0) is 16.5. The molecule has 1 aromatic rings. The molecule has 130 valence electrons. The highest BCUT2D eigenvalue weighted by atomic mass is 35.5. The first-order valence-corrected chi connectivity index (χ1v) is 8.11. The molecule has 3 nitrogen and oxygen atoms in total. The largest absolute Gasteiger partial charge is 0.349 e. The topological polar surface area (TPSA) is 55.1 Å². The molecule has 3 atom stereocenters. The van der Waals surface area contributed by atoms with Gasteiger partial charge in [0.1, 0.15) is 5.82 Å². The van der Waals surface area contributed by atoms with Gasteiger partial charge in [-0.15, -0.1) is 12.4 Å². The van der Waals surface area contributed by atoms with Crippen molar-refractivity contribution in [1.82, 2.24) is 5.32 Å². The fourth-order valence-corrected chi connectivity index (χ4v) is 3.45. The third-order valence-electron chi connectivity index (χ3n) is 4.23. The van der Waals surface area contributed by atoms with Crippen molar-refractivity contribution in [2.75, 3.05) is 6.54 Å². The van der Waals surface area contributed by atoms with Crippen molar-refractivity contribution >= 4 is 29.9 Å². The van der Waals surface area contributed by atoms with Gasteiger partial charge < -0.3 is 11.1 Å². The molecule has 0 spiro atoms. The van der Waals surface area contributed by atoms with Gasteiger partial charge in [0, 0.05) is 34.5 Å². The van der Waals surface area contributed by atoms with E-state index < -0.39 is 5.54 Å². The van der Waals surface area contributed by atoms with Gasteiger partial charge in [-0.1, -0.05) is 31.5 Å². The molecule has 2 rings (SSSR count). The van der Waals surface area contributed by atoms with Crippen molar-refractivity contribution in [3.63, 3.8) is 0 Å². The van der Waals surface area contributed by atoms with E-state index in [0.29, 0.717) is 29.5 Å². The molecule has 1 saturated carbocycles. The van der Waals surface area contributed by atoms with E-state index in [0.717, 1.165) is 6.42 Å². The molecule has 0 bridgehead atoms. The first kappa shape index (κ1) is 20.2. The van der Waals surface area contributed by atoms with E-state index in [1.54, 1.807) is 12.1 Å². The van der Waals surface area contributed by atoms with Crippen LogP contribution in [0.2, 0.25) is 5.02 Å². The number of nitrogens with one attached hydrogen (secondary N) is 1. The van der Waals surface area contributed by atoms with Crippen LogP contribution >= 0.6 is 24.0 Å². The monoisotopic (exact) mass is 362 g/mol. The second kappa shape index (κ2) is 7.82. The van der Waals surface area contributed by atoms with Crippen LogP contribution in [0, 0.1) is 17.7 Å². The Kier molecular flexibility index (Phi) is 6.87. The maximum Gasteiger partial charge on any atom is 0.224 e. The molecular formula is C17H25Cl2FN2O. The number of nitrogens with two attached hydrogens (primary N) is 1. The number of carbonyl (C=O) groups is 1. The Morgan fingerprint density at radius 3 is 2.70 bits per heavy atom. The number of carbonyl (C=O) groups excluding carboxylic acids is 1. The SMILES string of the molecule is CC(C)CC(C)(CN)NC(=O)C1CC1c1c(F)cccc1Cl.Cl. The van der Waals surface area contributed by atoms with Crippen molar-refractivity contribution in [3.05, 3.63) is 34.6 Å². The fourth-order valence-electron chi connectivity index (χ4n) is 3.15. The van der Waals surface area contributed by atoms with Crippen molar-refractivity contribution in [3.8, 4) is 0 Å². The van der Waals surface area contributed by atoms with E-state index in [-0.39, 0.29) is 36.0 Å². The summed E-state index contributed by atoms with van der Waals surface area (Å²) in [6.45, 7) is 6.53. The summed E-state index contributed by atoms with van der Waals surface area (Å²) in [7, 11) is 0.